The fraction of sp³-hybridized carbons (Fsp3) is 0.545. The average molecular weight is 172 g/mol. The summed E-state index contributed by atoms with van der Waals surface area (Å²) in [5, 5.41) is 0. The van der Waals surface area contributed by atoms with Crippen molar-refractivity contribution < 1.29 is 29.6 Å². The Hall–Kier alpha value is 0.480. The molecule has 62 valence electrons. The van der Waals surface area contributed by atoms with Crippen LogP contribution in [0.4, 0.5) is 0 Å². The van der Waals surface area contributed by atoms with Gasteiger partial charge in [0.15, 0.2) is 0 Å². The SMILES string of the molecule is C1=CCC=C1.[CH-]1CCCCC1.[Na+]. The van der Waals surface area contributed by atoms with E-state index in [9.17, 15) is 0 Å². The second kappa shape index (κ2) is 9.57. The average Bonchev–Trinajstić information content (AvgIpc) is 2.64. The van der Waals surface area contributed by atoms with E-state index < -0.39 is 0 Å². The van der Waals surface area contributed by atoms with E-state index in [0.717, 1.165) is 6.42 Å². The molecule has 0 amide bonds. The number of rotatable bonds is 0. The van der Waals surface area contributed by atoms with E-state index in [-0.39, 0.29) is 29.6 Å². The molecule has 0 aromatic carbocycles. The molecule has 1 fully saturated rings. The van der Waals surface area contributed by atoms with Crippen LogP contribution in [0.3, 0.4) is 0 Å². The van der Waals surface area contributed by atoms with Crippen molar-refractivity contribution in [1.82, 2.24) is 0 Å². The van der Waals surface area contributed by atoms with Gasteiger partial charge in [-0.15, -0.1) is 0 Å². The third-order valence-corrected chi connectivity index (χ3v) is 1.97. The van der Waals surface area contributed by atoms with E-state index in [1.165, 1.54) is 32.1 Å². The van der Waals surface area contributed by atoms with Crippen molar-refractivity contribution in [3.05, 3.63) is 30.7 Å². The second-order valence-electron chi connectivity index (χ2n) is 3.02. The van der Waals surface area contributed by atoms with Crippen molar-refractivity contribution in [3.8, 4) is 0 Å². The van der Waals surface area contributed by atoms with Gasteiger partial charge in [0.2, 0.25) is 0 Å². The second-order valence-corrected chi connectivity index (χ2v) is 3.02. The predicted octanol–water partition coefficient (Wildman–Crippen LogP) is 0.661. The van der Waals surface area contributed by atoms with Gasteiger partial charge in [-0.05, 0) is 6.42 Å². The largest absolute Gasteiger partial charge is 1.00 e. The van der Waals surface area contributed by atoms with E-state index in [1.54, 1.807) is 0 Å². The van der Waals surface area contributed by atoms with Crippen LogP contribution in [0.2, 0.25) is 0 Å². The smallest absolute Gasteiger partial charge is 0.328 e. The maximum atomic E-state index is 2.39. The Bertz CT molecular complexity index is 110. The molecule has 1 saturated carbocycles. The van der Waals surface area contributed by atoms with Crippen molar-refractivity contribution in [2.45, 2.75) is 38.5 Å². The molecular formula is C11H17Na. The minimum Gasteiger partial charge on any atom is -0.328 e. The van der Waals surface area contributed by atoms with Crippen molar-refractivity contribution in [2.24, 2.45) is 0 Å². The van der Waals surface area contributed by atoms with Gasteiger partial charge in [0.25, 0.3) is 0 Å². The first kappa shape index (κ1) is 12.5. The van der Waals surface area contributed by atoms with Gasteiger partial charge in [-0.1, -0.05) is 43.6 Å². The Morgan fingerprint density at radius 1 is 0.833 bits per heavy atom. The Kier molecular flexibility index (Phi) is 9.95. The van der Waals surface area contributed by atoms with Crippen LogP contribution in [0.15, 0.2) is 24.3 Å². The first-order valence-electron chi connectivity index (χ1n) is 4.63. The Morgan fingerprint density at radius 2 is 1.42 bits per heavy atom. The molecule has 0 heterocycles. The fourth-order valence-corrected chi connectivity index (χ4v) is 1.29. The van der Waals surface area contributed by atoms with Crippen LogP contribution < -0.4 is 29.6 Å². The third kappa shape index (κ3) is 7.15. The van der Waals surface area contributed by atoms with Gasteiger partial charge in [0, 0.05) is 0 Å². The zero-order chi connectivity index (χ0) is 7.78. The number of hydrogen-bond acceptors (Lipinski definition) is 0. The molecule has 0 saturated heterocycles. The van der Waals surface area contributed by atoms with Crippen molar-refractivity contribution in [3.63, 3.8) is 0 Å². The summed E-state index contributed by atoms with van der Waals surface area (Å²) in [6.45, 7) is 0. The number of hydrogen-bond donors (Lipinski definition) is 0. The van der Waals surface area contributed by atoms with Crippen molar-refractivity contribution >= 4 is 0 Å². The van der Waals surface area contributed by atoms with Crippen LogP contribution in [-0.4, -0.2) is 0 Å². The van der Waals surface area contributed by atoms with Crippen LogP contribution in [0, 0.1) is 6.42 Å². The molecule has 2 aliphatic rings. The zero-order valence-electron chi connectivity index (χ0n) is 8.13. The predicted molar refractivity (Wildman–Crippen MR) is 50.3 cm³/mol. The van der Waals surface area contributed by atoms with Crippen LogP contribution >= 0.6 is 0 Å². The van der Waals surface area contributed by atoms with Gasteiger partial charge in [-0.25, -0.2) is 0 Å². The monoisotopic (exact) mass is 172 g/mol. The molecule has 0 aliphatic heterocycles. The molecule has 0 N–H and O–H groups in total. The molecule has 1 heteroatoms. The van der Waals surface area contributed by atoms with Crippen LogP contribution in [0.1, 0.15) is 38.5 Å². The summed E-state index contributed by atoms with van der Waals surface area (Å²) >= 11 is 0. The third-order valence-electron chi connectivity index (χ3n) is 1.97. The normalized spacial score (nSPS) is 19.3. The van der Waals surface area contributed by atoms with E-state index in [2.05, 4.69) is 30.7 Å². The molecule has 0 bridgehead atoms. The Labute approximate surface area is 98.4 Å². The summed E-state index contributed by atoms with van der Waals surface area (Å²) in [6.07, 6.45) is 19.0. The summed E-state index contributed by atoms with van der Waals surface area (Å²) < 4.78 is 0. The quantitative estimate of drug-likeness (QED) is 0.372. The van der Waals surface area contributed by atoms with E-state index >= 15 is 0 Å². The van der Waals surface area contributed by atoms with Gasteiger partial charge in [0.1, 0.15) is 0 Å². The fourth-order valence-electron chi connectivity index (χ4n) is 1.29. The Morgan fingerprint density at radius 3 is 1.58 bits per heavy atom. The Balaban J connectivity index is 0.000000189. The topological polar surface area (TPSA) is 0 Å². The zero-order valence-corrected chi connectivity index (χ0v) is 10.1. The molecule has 0 unspecified atom stereocenters. The summed E-state index contributed by atoms with van der Waals surface area (Å²) in [7, 11) is 0. The molecule has 0 atom stereocenters. The van der Waals surface area contributed by atoms with Crippen LogP contribution in [0.5, 0.6) is 0 Å². The molecule has 2 aliphatic carbocycles. The molecule has 0 nitrogen and oxygen atoms in total. The van der Waals surface area contributed by atoms with E-state index in [4.69, 9.17) is 0 Å². The standard InChI is InChI=1S/C6H11.C5H6.Na/c1-2-4-6-5-3-1;1-2-4-5-3-1;/h1H,2-6H2;1-4H,5H2;/q-1;;+1. The van der Waals surface area contributed by atoms with Gasteiger partial charge < -0.3 is 6.42 Å². The maximum absolute atomic E-state index is 2.39. The van der Waals surface area contributed by atoms with Gasteiger partial charge >= 0.3 is 29.6 Å². The first-order chi connectivity index (χ1) is 5.50. The van der Waals surface area contributed by atoms with Crippen molar-refractivity contribution in [2.75, 3.05) is 0 Å². The molecule has 0 radical (unpaired) electrons. The van der Waals surface area contributed by atoms with E-state index in [1.807, 2.05) is 0 Å². The molecule has 2 rings (SSSR count). The van der Waals surface area contributed by atoms with Gasteiger partial charge in [-0.2, -0.15) is 12.8 Å². The van der Waals surface area contributed by atoms with Gasteiger partial charge in [-0.3, -0.25) is 0 Å². The molecule has 12 heavy (non-hydrogen) atoms. The summed E-state index contributed by atoms with van der Waals surface area (Å²) in [6, 6.07) is 0. The first-order valence-corrected chi connectivity index (χ1v) is 4.63. The summed E-state index contributed by atoms with van der Waals surface area (Å²) in [5.41, 5.74) is 0. The molecular weight excluding hydrogens is 155 g/mol. The van der Waals surface area contributed by atoms with Crippen molar-refractivity contribution in [1.29, 1.82) is 0 Å². The minimum absolute atomic E-state index is 0. The number of allylic oxidation sites excluding steroid dienone is 4. The maximum Gasteiger partial charge on any atom is 1.00 e. The van der Waals surface area contributed by atoms with Gasteiger partial charge in [0.05, 0.1) is 0 Å². The molecule has 0 spiro atoms. The minimum atomic E-state index is 0. The summed E-state index contributed by atoms with van der Waals surface area (Å²) in [4.78, 5) is 0. The van der Waals surface area contributed by atoms with Crippen LogP contribution in [0.25, 0.3) is 0 Å². The summed E-state index contributed by atoms with van der Waals surface area (Å²) in [5.74, 6) is 0. The molecule has 0 aromatic rings. The van der Waals surface area contributed by atoms with Crippen LogP contribution in [-0.2, 0) is 0 Å². The molecule has 0 aromatic heterocycles. The van der Waals surface area contributed by atoms with E-state index in [0.29, 0.717) is 0 Å².